The molecule has 1 fully saturated rings. The van der Waals surface area contributed by atoms with Gasteiger partial charge in [-0.3, -0.25) is 14.5 Å². The summed E-state index contributed by atoms with van der Waals surface area (Å²) < 4.78 is 16.4. The number of aryl methyl sites for hydroxylation is 1. The number of rotatable bonds is 5. The molecular weight excluding hydrogens is 480 g/mol. The zero-order chi connectivity index (χ0) is 23.0. The first-order valence-electron chi connectivity index (χ1n) is 9.58. The highest BCUT2D eigenvalue weighted by Crippen LogP contribution is 2.43. The molecule has 0 spiro atoms. The van der Waals surface area contributed by atoms with E-state index >= 15 is 0 Å². The summed E-state index contributed by atoms with van der Waals surface area (Å²) in [6.45, 7) is 1.69. The van der Waals surface area contributed by atoms with Crippen molar-refractivity contribution in [1.82, 2.24) is 5.16 Å². The molecule has 1 aliphatic rings. The van der Waals surface area contributed by atoms with E-state index in [2.05, 4.69) is 21.1 Å². The summed E-state index contributed by atoms with van der Waals surface area (Å²) in [4.78, 5) is 27.4. The van der Waals surface area contributed by atoms with E-state index in [1.807, 2.05) is 6.07 Å². The molecule has 1 amide bonds. The highest BCUT2D eigenvalue weighted by Gasteiger charge is 2.48. The number of ketones is 1. The van der Waals surface area contributed by atoms with Gasteiger partial charge in [-0.2, -0.15) is 0 Å². The molecule has 1 aromatic heterocycles. The molecule has 164 valence electrons. The summed E-state index contributed by atoms with van der Waals surface area (Å²) in [5.74, 6) is -0.482. The molecule has 4 rings (SSSR count). The Bertz CT molecular complexity index is 1250. The largest absolute Gasteiger partial charge is 0.507 e. The number of aliphatic hydroxyl groups is 1. The first-order chi connectivity index (χ1) is 15.3. The number of Topliss-reactive ketones (excluding diaryl/α,β-unsaturated/α-hetero) is 1. The molecule has 32 heavy (non-hydrogen) atoms. The standard InChI is InChI=1S/C23H19BrN2O6/c1-12-9-18(25-32-12)26-20(13-5-4-6-15(24)10-13)19(22(28)23(26)29)21(27)14-7-8-16(30-2)17(11-14)31-3/h4-11,20,27H,1-3H3/b21-19+/t20-/m0/s1. The number of benzene rings is 2. The highest BCUT2D eigenvalue weighted by molar-refractivity contribution is 9.10. The number of halogens is 1. The van der Waals surface area contributed by atoms with Gasteiger partial charge in [0.1, 0.15) is 11.5 Å². The predicted octanol–water partition coefficient (Wildman–Crippen LogP) is 4.39. The van der Waals surface area contributed by atoms with Crippen LogP contribution in [0.4, 0.5) is 5.82 Å². The molecule has 1 N–H and O–H groups in total. The van der Waals surface area contributed by atoms with Gasteiger partial charge < -0.3 is 19.1 Å². The van der Waals surface area contributed by atoms with Gasteiger partial charge in [-0.1, -0.05) is 33.2 Å². The highest BCUT2D eigenvalue weighted by atomic mass is 79.9. The molecular formula is C23H19BrN2O6. The van der Waals surface area contributed by atoms with E-state index < -0.39 is 17.7 Å². The third-order valence-electron chi connectivity index (χ3n) is 5.13. The van der Waals surface area contributed by atoms with E-state index in [-0.39, 0.29) is 17.2 Å². The number of carbonyl (C=O) groups is 2. The number of carbonyl (C=O) groups excluding carboxylic acids is 2. The first kappa shape index (κ1) is 21.6. The van der Waals surface area contributed by atoms with Crippen LogP contribution < -0.4 is 14.4 Å². The Morgan fingerprint density at radius 2 is 1.84 bits per heavy atom. The van der Waals surface area contributed by atoms with Gasteiger partial charge in [-0.25, -0.2) is 0 Å². The van der Waals surface area contributed by atoms with Crippen LogP contribution in [-0.4, -0.2) is 36.2 Å². The second kappa shape index (κ2) is 8.51. The van der Waals surface area contributed by atoms with E-state index in [4.69, 9.17) is 14.0 Å². The van der Waals surface area contributed by atoms with Gasteiger partial charge in [0.15, 0.2) is 17.3 Å². The molecule has 1 atom stereocenters. The van der Waals surface area contributed by atoms with Gasteiger partial charge in [0.05, 0.1) is 25.8 Å². The van der Waals surface area contributed by atoms with Crippen LogP contribution in [0.15, 0.2) is 63.1 Å². The average molecular weight is 499 g/mol. The maximum Gasteiger partial charge on any atom is 0.301 e. The van der Waals surface area contributed by atoms with E-state index in [1.165, 1.54) is 19.1 Å². The topological polar surface area (TPSA) is 102 Å². The number of methoxy groups -OCH3 is 2. The average Bonchev–Trinajstić information content (AvgIpc) is 3.33. The summed E-state index contributed by atoms with van der Waals surface area (Å²) in [6.07, 6.45) is 0. The lowest BCUT2D eigenvalue weighted by molar-refractivity contribution is -0.132. The van der Waals surface area contributed by atoms with Crippen molar-refractivity contribution in [2.24, 2.45) is 0 Å². The number of amides is 1. The Kier molecular flexibility index (Phi) is 5.75. The van der Waals surface area contributed by atoms with Crippen molar-refractivity contribution in [3.05, 3.63) is 75.5 Å². The number of ether oxygens (including phenoxy) is 2. The lowest BCUT2D eigenvalue weighted by atomic mass is 9.95. The van der Waals surface area contributed by atoms with Crippen LogP contribution in [0.25, 0.3) is 5.76 Å². The minimum atomic E-state index is -0.912. The van der Waals surface area contributed by atoms with Crippen molar-refractivity contribution < 1.29 is 28.7 Å². The molecule has 0 unspecified atom stereocenters. The van der Waals surface area contributed by atoms with Gasteiger partial charge in [0.2, 0.25) is 0 Å². The zero-order valence-corrected chi connectivity index (χ0v) is 19.0. The van der Waals surface area contributed by atoms with Crippen LogP contribution in [0.1, 0.15) is 22.9 Å². The van der Waals surface area contributed by atoms with Crippen LogP contribution in [0.3, 0.4) is 0 Å². The number of aliphatic hydroxyl groups excluding tert-OH is 1. The fourth-order valence-electron chi connectivity index (χ4n) is 3.67. The van der Waals surface area contributed by atoms with E-state index in [9.17, 15) is 14.7 Å². The Hall–Kier alpha value is -3.59. The fraction of sp³-hybridized carbons (Fsp3) is 0.174. The molecule has 1 aliphatic heterocycles. The molecule has 8 nitrogen and oxygen atoms in total. The Labute approximate surface area is 192 Å². The van der Waals surface area contributed by atoms with Crippen LogP contribution in [0, 0.1) is 6.92 Å². The second-order valence-electron chi connectivity index (χ2n) is 7.09. The van der Waals surface area contributed by atoms with Crippen molar-refractivity contribution in [2.45, 2.75) is 13.0 Å². The summed E-state index contributed by atoms with van der Waals surface area (Å²) in [7, 11) is 2.96. The van der Waals surface area contributed by atoms with Crippen molar-refractivity contribution in [1.29, 1.82) is 0 Å². The molecule has 1 saturated heterocycles. The molecule has 2 heterocycles. The lowest BCUT2D eigenvalue weighted by Gasteiger charge is -2.23. The molecule has 2 aromatic carbocycles. The molecule has 9 heteroatoms. The predicted molar refractivity (Wildman–Crippen MR) is 120 cm³/mol. The maximum atomic E-state index is 13.1. The number of nitrogens with zero attached hydrogens (tertiary/aromatic N) is 2. The lowest BCUT2D eigenvalue weighted by Crippen LogP contribution is -2.29. The van der Waals surface area contributed by atoms with Gasteiger partial charge in [-0.15, -0.1) is 0 Å². The molecule has 0 bridgehead atoms. The van der Waals surface area contributed by atoms with E-state index in [1.54, 1.807) is 49.4 Å². The summed E-state index contributed by atoms with van der Waals surface area (Å²) >= 11 is 3.42. The van der Waals surface area contributed by atoms with Gasteiger partial charge in [0.25, 0.3) is 5.78 Å². The Morgan fingerprint density at radius 3 is 2.47 bits per heavy atom. The minimum Gasteiger partial charge on any atom is -0.507 e. The molecule has 3 aromatic rings. The molecule has 0 radical (unpaired) electrons. The SMILES string of the molecule is COc1ccc(/C(O)=C2\C(=O)C(=O)N(c3cc(C)on3)[C@H]2c2cccc(Br)c2)cc1OC. The summed E-state index contributed by atoms with van der Waals surface area (Å²) in [5.41, 5.74) is 0.846. The number of anilines is 1. The van der Waals surface area contributed by atoms with Crippen molar-refractivity contribution in [3.8, 4) is 11.5 Å². The van der Waals surface area contributed by atoms with Gasteiger partial charge >= 0.3 is 5.91 Å². The number of hydrogen-bond acceptors (Lipinski definition) is 7. The van der Waals surface area contributed by atoms with Crippen LogP contribution in [-0.2, 0) is 9.59 Å². The quantitative estimate of drug-likeness (QED) is 0.316. The minimum absolute atomic E-state index is 0.0685. The van der Waals surface area contributed by atoms with Crippen LogP contribution in [0.2, 0.25) is 0 Å². The maximum absolute atomic E-state index is 13.1. The Morgan fingerprint density at radius 1 is 1.09 bits per heavy atom. The van der Waals surface area contributed by atoms with Gasteiger partial charge in [-0.05, 0) is 42.8 Å². The Balaban J connectivity index is 1.94. The summed E-state index contributed by atoms with van der Waals surface area (Å²) in [5, 5.41) is 15.1. The smallest absolute Gasteiger partial charge is 0.301 e. The molecule has 0 aliphatic carbocycles. The van der Waals surface area contributed by atoms with Gasteiger partial charge in [0, 0.05) is 16.1 Å². The van der Waals surface area contributed by atoms with Crippen LogP contribution in [0.5, 0.6) is 11.5 Å². The monoisotopic (exact) mass is 498 g/mol. The third-order valence-corrected chi connectivity index (χ3v) is 5.62. The van der Waals surface area contributed by atoms with Crippen LogP contribution >= 0.6 is 15.9 Å². The molecule has 0 saturated carbocycles. The summed E-state index contributed by atoms with van der Waals surface area (Å²) in [6, 6.07) is 12.5. The number of hydrogen-bond donors (Lipinski definition) is 1. The number of aromatic nitrogens is 1. The van der Waals surface area contributed by atoms with Crippen molar-refractivity contribution >= 4 is 39.2 Å². The van der Waals surface area contributed by atoms with E-state index in [0.29, 0.717) is 28.4 Å². The van der Waals surface area contributed by atoms with Crippen molar-refractivity contribution in [3.63, 3.8) is 0 Å². The van der Waals surface area contributed by atoms with E-state index in [0.717, 1.165) is 4.47 Å². The first-order valence-corrected chi connectivity index (χ1v) is 10.4. The normalized spacial score (nSPS) is 17.6. The second-order valence-corrected chi connectivity index (χ2v) is 8.01. The zero-order valence-electron chi connectivity index (χ0n) is 17.5. The fourth-order valence-corrected chi connectivity index (χ4v) is 4.08. The van der Waals surface area contributed by atoms with Crippen molar-refractivity contribution in [2.75, 3.05) is 19.1 Å². The third kappa shape index (κ3) is 3.64.